The van der Waals surface area contributed by atoms with Gasteiger partial charge in [0.2, 0.25) is 0 Å². The fraction of sp³-hybridized carbons (Fsp3) is 1.00. The maximum absolute atomic E-state index is 12.4. The predicted molar refractivity (Wildman–Crippen MR) is 42.2 cm³/mol. The van der Waals surface area contributed by atoms with Gasteiger partial charge in [0.25, 0.3) is 0 Å². The van der Waals surface area contributed by atoms with Gasteiger partial charge in [0.15, 0.2) is 5.16 Å². The Balaban J connectivity index is 5.99. The lowest BCUT2D eigenvalue weighted by Gasteiger charge is -2.36. The zero-order valence-corrected chi connectivity index (χ0v) is 9.46. The van der Waals surface area contributed by atoms with Crippen LogP contribution in [0.5, 0.6) is 0 Å². The van der Waals surface area contributed by atoms with Crippen LogP contribution >= 0.6 is 7.60 Å². The third-order valence-corrected chi connectivity index (χ3v) is 3.76. The minimum Gasteiger partial charge on any atom is -0.324 e. The van der Waals surface area contributed by atoms with Gasteiger partial charge in [-0.15, -0.1) is 0 Å². The summed E-state index contributed by atoms with van der Waals surface area (Å²) in [5, 5.41) is -5.24. The Morgan fingerprint density at radius 2 is 1.00 bits per heavy atom. The first-order valence-corrected chi connectivity index (χ1v) is 5.78. The van der Waals surface area contributed by atoms with E-state index >= 15 is 0 Å². The fourth-order valence-corrected chi connectivity index (χ4v) is 2.40. The molecule has 0 rings (SSSR count). The van der Waals surface area contributed by atoms with Crippen LogP contribution in [-0.4, -0.2) is 33.5 Å². The van der Waals surface area contributed by atoms with Crippen LogP contribution in [0.15, 0.2) is 0 Å². The normalized spacial score (nSPS) is 15.7. The van der Waals surface area contributed by atoms with Crippen LogP contribution in [0.3, 0.4) is 0 Å². The van der Waals surface area contributed by atoms with E-state index in [1.54, 1.807) is 0 Å². The number of halogens is 9. The molecule has 3 nitrogen and oxygen atoms in total. The summed E-state index contributed by atoms with van der Waals surface area (Å²) in [5.74, 6) is 0. The maximum Gasteiger partial charge on any atom is 0.406 e. The number of alkyl halides is 9. The molecule has 0 saturated carbocycles. The Morgan fingerprint density at radius 1 is 0.737 bits per heavy atom. The van der Waals surface area contributed by atoms with Crippen molar-refractivity contribution in [2.24, 2.45) is 0 Å². The molecule has 19 heavy (non-hydrogen) atoms. The molecule has 0 aromatic carbocycles. The van der Waals surface area contributed by atoms with Crippen LogP contribution in [0.4, 0.5) is 39.5 Å². The second kappa shape index (κ2) is 4.81. The molecule has 0 aliphatic carbocycles. The first-order valence-electron chi connectivity index (χ1n) is 4.17. The molecule has 0 aromatic rings. The smallest absolute Gasteiger partial charge is 0.324 e. The molecule has 0 fully saturated rings. The van der Waals surface area contributed by atoms with Crippen LogP contribution in [0, 0.1) is 0 Å². The van der Waals surface area contributed by atoms with Gasteiger partial charge in [0.1, 0.15) is 0 Å². The molecule has 0 aromatic heterocycles. The van der Waals surface area contributed by atoms with Crippen LogP contribution in [0.1, 0.15) is 12.8 Å². The van der Waals surface area contributed by atoms with Gasteiger partial charge < -0.3 is 9.79 Å². The molecular weight excluding hydrogens is 322 g/mol. The average Bonchev–Trinajstić information content (AvgIpc) is 1.91. The summed E-state index contributed by atoms with van der Waals surface area (Å²) >= 11 is 0. The minimum absolute atomic E-state index is 3.33. The number of rotatable bonds is 3. The van der Waals surface area contributed by atoms with Crippen LogP contribution in [-0.2, 0) is 4.57 Å². The van der Waals surface area contributed by atoms with Gasteiger partial charge in [-0.25, -0.2) is 0 Å². The SMILES string of the molecule is O=P(O)(O)C(CC(F)(F)F)(CC(F)(F)F)C(F)(F)F. The summed E-state index contributed by atoms with van der Waals surface area (Å²) in [6.45, 7) is 0. The van der Waals surface area contributed by atoms with Gasteiger partial charge in [0, 0.05) is 0 Å². The number of hydrogen-bond donors (Lipinski definition) is 2. The molecule has 0 radical (unpaired) electrons. The van der Waals surface area contributed by atoms with Gasteiger partial charge in [0.05, 0.1) is 12.8 Å². The van der Waals surface area contributed by atoms with Gasteiger partial charge >= 0.3 is 26.1 Å². The van der Waals surface area contributed by atoms with Gasteiger partial charge in [-0.2, -0.15) is 39.5 Å². The molecule has 2 N–H and O–H groups in total. The molecule has 0 unspecified atom stereocenters. The van der Waals surface area contributed by atoms with Crippen LogP contribution in [0.2, 0.25) is 0 Å². The van der Waals surface area contributed by atoms with Crippen LogP contribution in [0.25, 0.3) is 0 Å². The maximum atomic E-state index is 12.4. The summed E-state index contributed by atoms with van der Waals surface area (Å²) in [7, 11) is -6.79. The molecule has 0 aliphatic rings. The molecule has 0 atom stereocenters. The van der Waals surface area contributed by atoms with Crippen LogP contribution < -0.4 is 0 Å². The van der Waals surface area contributed by atoms with E-state index in [0.29, 0.717) is 0 Å². The van der Waals surface area contributed by atoms with Crippen molar-refractivity contribution < 1.29 is 53.9 Å². The lowest BCUT2D eigenvalue weighted by molar-refractivity contribution is -0.240. The second-order valence-corrected chi connectivity index (χ2v) is 5.60. The Labute approximate surface area is 99.1 Å². The highest BCUT2D eigenvalue weighted by Gasteiger charge is 2.72. The van der Waals surface area contributed by atoms with E-state index in [4.69, 9.17) is 9.79 Å². The third-order valence-electron chi connectivity index (χ3n) is 2.07. The Bertz CT molecular complexity index is 346. The Morgan fingerprint density at radius 3 is 1.11 bits per heavy atom. The van der Waals surface area contributed by atoms with Crippen molar-refractivity contribution in [1.29, 1.82) is 0 Å². The highest BCUT2D eigenvalue weighted by molar-refractivity contribution is 7.53. The molecule has 116 valence electrons. The van der Waals surface area contributed by atoms with Gasteiger partial charge in [-0.1, -0.05) is 0 Å². The topological polar surface area (TPSA) is 57.5 Å². The molecule has 13 heteroatoms. The van der Waals surface area contributed by atoms with E-state index in [1.165, 1.54) is 0 Å². The Hall–Kier alpha value is -0.480. The summed E-state index contributed by atoms with van der Waals surface area (Å²) in [5.41, 5.74) is 0. The molecule has 0 aliphatic heterocycles. The van der Waals surface area contributed by atoms with E-state index in [2.05, 4.69) is 0 Å². The van der Waals surface area contributed by atoms with Crippen molar-refractivity contribution >= 4 is 7.60 Å². The van der Waals surface area contributed by atoms with Crippen molar-refractivity contribution in [1.82, 2.24) is 0 Å². The van der Waals surface area contributed by atoms with E-state index < -0.39 is 44.1 Å². The summed E-state index contributed by atoms with van der Waals surface area (Å²) in [6, 6.07) is 0. The molecular formula is C6H6F9O3P. The lowest BCUT2D eigenvalue weighted by Crippen LogP contribution is -2.50. The molecule has 0 spiro atoms. The highest BCUT2D eigenvalue weighted by atomic mass is 31.2. The van der Waals surface area contributed by atoms with E-state index in [0.717, 1.165) is 0 Å². The molecule has 0 amide bonds. The van der Waals surface area contributed by atoms with E-state index in [1.807, 2.05) is 0 Å². The minimum atomic E-state index is -6.79. The number of hydrogen-bond acceptors (Lipinski definition) is 1. The summed E-state index contributed by atoms with van der Waals surface area (Å²) in [4.78, 5) is 16.8. The summed E-state index contributed by atoms with van der Waals surface area (Å²) in [6.07, 6.45) is -24.7. The average molecular weight is 328 g/mol. The van der Waals surface area contributed by atoms with Gasteiger partial charge in [-0.3, -0.25) is 4.57 Å². The van der Waals surface area contributed by atoms with Crippen molar-refractivity contribution in [2.75, 3.05) is 0 Å². The Kier molecular flexibility index (Phi) is 4.69. The van der Waals surface area contributed by atoms with Crippen molar-refractivity contribution in [3.05, 3.63) is 0 Å². The molecule has 0 heterocycles. The third kappa shape index (κ3) is 4.84. The largest absolute Gasteiger partial charge is 0.406 e. The zero-order chi connectivity index (χ0) is 15.9. The standard InChI is InChI=1S/C6H6F9O3P/c7-4(8,9)1-3(6(13,14)15,19(16,17)18)2-5(10,11)12/h1-2H2,(H2,16,17,18). The van der Waals surface area contributed by atoms with E-state index in [-0.39, 0.29) is 0 Å². The highest BCUT2D eigenvalue weighted by Crippen LogP contribution is 2.65. The monoisotopic (exact) mass is 328 g/mol. The zero-order valence-electron chi connectivity index (χ0n) is 8.57. The van der Waals surface area contributed by atoms with Crippen molar-refractivity contribution in [3.8, 4) is 0 Å². The lowest BCUT2D eigenvalue weighted by atomic mass is 9.98. The summed E-state index contributed by atoms with van der Waals surface area (Å²) < 4.78 is 120. The second-order valence-electron chi connectivity index (χ2n) is 3.66. The van der Waals surface area contributed by atoms with Gasteiger partial charge in [-0.05, 0) is 0 Å². The predicted octanol–water partition coefficient (Wildman–Crippen LogP) is 3.37. The van der Waals surface area contributed by atoms with E-state index in [9.17, 15) is 44.1 Å². The molecule has 0 bridgehead atoms. The molecule has 0 saturated heterocycles. The first-order chi connectivity index (χ1) is 7.91. The quantitative estimate of drug-likeness (QED) is 0.617. The fourth-order valence-electron chi connectivity index (χ4n) is 1.30. The van der Waals surface area contributed by atoms with Crippen molar-refractivity contribution in [2.45, 2.75) is 36.5 Å². The first kappa shape index (κ1) is 18.5. The van der Waals surface area contributed by atoms with Crippen molar-refractivity contribution in [3.63, 3.8) is 0 Å².